The molecule has 20 heavy (non-hydrogen) atoms. The molecule has 0 radical (unpaired) electrons. The fourth-order valence-electron chi connectivity index (χ4n) is 2.80. The van der Waals surface area contributed by atoms with E-state index in [0.717, 1.165) is 0 Å². The quantitative estimate of drug-likeness (QED) is 0.707. The second kappa shape index (κ2) is 4.59. The SMILES string of the molecule is CC1(NC(=O)NC2(C)CCS(=O)(=O)C2)CCS(=O)(=O)C1. The van der Waals surface area contributed by atoms with Gasteiger partial charge in [0.15, 0.2) is 19.7 Å². The topological polar surface area (TPSA) is 109 Å². The molecule has 2 aliphatic rings. The Morgan fingerprint density at radius 1 is 0.850 bits per heavy atom. The highest BCUT2D eigenvalue weighted by atomic mass is 32.2. The third kappa shape index (κ3) is 3.63. The van der Waals surface area contributed by atoms with Gasteiger partial charge in [-0.3, -0.25) is 0 Å². The Morgan fingerprint density at radius 2 is 1.20 bits per heavy atom. The number of carbonyl (C=O) groups is 1. The first-order valence-corrected chi connectivity index (χ1v) is 10.1. The van der Waals surface area contributed by atoms with Gasteiger partial charge in [0.1, 0.15) is 0 Å². The number of carbonyl (C=O) groups excluding carboxylic acids is 1. The zero-order chi connectivity index (χ0) is 15.2. The lowest BCUT2D eigenvalue weighted by molar-refractivity contribution is 0.220. The van der Waals surface area contributed by atoms with Gasteiger partial charge >= 0.3 is 6.03 Å². The van der Waals surface area contributed by atoms with Crippen LogP contribution in [0.15, 0.2) is 0 Å². The Hall–Kier alpha value is -0.830. The molecular formula is C11H20N2O5S2. The average Bonchev–Trinajstić information content (AvgIpc) is 2.62. The molecule has 0 aromatic rings. The molecule has 2 heterocycles. The molecule has 0 bridgehead atoms. The van der Waals surface area contributed by atoms with E-state index in [1.54, 1.807) is 13.8 Å². The lowest BCUT2D eigenvalue weighted by Gasteiger charge is -2.29. The Balaban J connectivity index is 1.97. The van der Waals surface area contributed by atoms with Crippen LogP contribution in [-0.2, 0) is 19.7 Å². The van der Waals surface area contributed by atoms with E-state index in [1.165, 1.54) is 0 Å². The van der Waals surface area contributed by atoms with Crippen molar-refractivity contribution in [1.29, 1.82) is 0 Å². The van der Waals surface area contributed by atoms with Crippen molar-refractivity contribution >= 4 is 25.7 Å². The molecule has 2 fully saturated rings. The van der Waals surface area contributed by atoms with Crippen LogP contribution in [-0.4, -0.2) is 57.0 Å². The molecule has 2 amide bonds. The fraction of sp³-hybridized carbons (Fsp3) is 0.909. The second-order valence-corrected chi connectivity index (χ2v) is 10.8. The van der Waals surface area contributed by atoms with Crippen LogP contribution in [0.4, 0.5) is 4.79 Å². The van der Waals surface area contributed by atoms with Gasteiger partial charge in [-0.25, -0.2) is 21.6 Å². The number of urea groups is 1. The Morgan fingerprint density at radius 3 is 1.45 bits per heavy atom. The van der Waals surface area contributed by atoms with Crippen LogP contribution >= 0.6 is 0 Å². The van der Waals surface area contributed by atoms with Crippen LogP contribution in [0.2, 0.25) is 0 Å². The summed E-state index contributed by atoms with van der Waals surface area (Å²) in [7, 11) is -6.20. The highest BCUT2D eigenvalue weighted by Crippen LogP contribution is 2.25. The summed E-state index contributed by atoms with van der Waals surface area (Å²) in [6, 6.07) is -0.510. The Kier molecular flexibility index (Phi) is 3.57. The lowest BCUT2D eigenvalue weighted by atomic mass is 10.0. The molecular weight excluding hydrogens is 304 g/mol. The lowest BCUT2D eigenvalue weighted by Crippen LogP contribution is -2.57. The van der Waals surface area contributed by atoms with Crippen molar-refractivity contribution in [2.45, 2.75) is 37.8 Å². The predicted octanol–water partition coefficient (Wildman–Crippen LogP) is -0.560. The molecule has 2 atom stereocenters. The van der Waals surface area contributed by atoms with E-state index >= 15 is 0 Å². The van der Waals surface area contributed by atoms with E-state index in [-0.39, 0.29) is 23.0 Å². The van der Waals surface area contributed by atoms with Gasteiger partial charge in [-0.1, -0.05) is 0 Å². The molecule has 0 aliphatic carbocycles. The second-order valence-electron chi connectivity index (χ2n) is 6.38. The summed E-state index contributed by atoms with van der Waals surface area (Å²) in [4.78, 5) is 12.0. The normalized spacial score (nSPS) is 38.5. The predicted molar refractivity (Wildman–Crippen MR) is 75.0 cm³/mol. The maximum absolute atomic E-state index is 12.0. The van der Waals surface area contributed by atoms with Gasteiger partial charge in [-0.05, 0) is 26.7 Å². The van der Waals surface area contributed by atoms with E-state index in [4.69, 9.17) is 0 Å². The van der Waals surface area contributed by atoms with E-state index in [0.29, 0.717) is 12.8 Å². The fourth-order valence-corrected chi connectivity index (χ4v) is 6.98. The molecule has 0 aromatic heterocycles. The minimum absolute atomic E-state index is 0.0649. The van der Waals surface area contributed by atoms with Crippen molar-refractivity contribution in [3.8, 4) is 0 Å². The van der Waals surface area contributed by atoms with E-state index in [1.807, 2.05) is 0 Å². The molecule has 2 rings (SSSR count). The maximum Gasteiger partial charge on any atom is 0.315 e. The van der Waals surface area contributed by atoms with Crippen LogP contribution in [0.25, 0.3) is 0 Å². The highest BCUT2D eigenvalue weighted by molar-refractivity contribution is 7.92. The van der Waals surface area contributed by atoms with Gasteiger partial charge in [-0.2, -0.15) is 0 Å². The van der Waals surface area contributed by atoms with Crippen molar-refractivity contribution in [2.75, 3.05) is 23.0 Å². The van der Waals surface area contributed by atoms with Crippen molar-refractivity contribution in [2.24, 2.45) is 0 Å². The van der Waals surface area contributed by atoms with Crippen LogP contribution in [0.5, 0.6) is 0 Å². The van der Waals surface area contributed by atoms with Gasteiger partial charge < -0.3 is 10.6 Å². The molecule has 2 unspecified atom stereocenters. The van der Waals surface area contributed by atoms with E-state index < -0.39 is 36.8 Å². The molecule has 9 heteroatoms. The largest absolute Gasteiger partial charge is 0.332 e. The smallest absolute Gasteiger partial charge is 0.315 e. The Labute approximate surface area is 119 Å². The minimum Gasteiger partial charge on any atom is -0.332 e. The van der Waals surface area contributed by atoms with Crippen LogP contribution in [0.3, 0.4) is 0 Å². The number of rotatable bonds is 2. The molecule has 116 valence electrons. The summed E-state index contributed by atoms with van der Waals surface area (Å²) in [6.07, 6.45) is 0.746. The monoisotopic (exact) mass is 324 g/mol. The Bertz CT molecular complexity index is 573. The third-order valence-electron chi connectivity index (χ3n) is 3.84. The molecule has 2 saturated heterocycles. The number of sulfone groups is 2. The van der Waals surface area contributed by atoms with Crippen LogP contribution in [0, 0.1) is 0 Å². The summed E-state index contributed by atoms with van der Waals surface area (Å²) < 4.78 is 45.9. The summed E-state index contributed by atoms with van der Waals surface area (Å²) in [6.45, 7) is 3.37. The van der Waals surface area contributed by atoms with Gasteiger partial charge in [0, 0.05) is 0 Å². The van der Waals surface area contributed by atoms with E-state index in [2.05, 4.69) is 10.6 Å². The van der Waals surface area contributed by atoms with Crippen molar-refractivity contribution < 1.29 is 21.6 Å². The maximum atomic E-state index is 12.0. The average molecular weight is 324 g/mol. The van der Waals surface area contributed by atoms with Crippen molar-refractivity contribution in [1.82, 2.24) is 10.6 Å². The molecule has 2 aliphatic heterocycles. The number of amides is 2. The molecule has 0 spiro atoms. The molecule has 2 N–H and O–H groups in total. The molecule has 0 aromatic carbocycles. The van der Waals surface area contributed by atoms with Crippen LogP contribution in [0.1, 0.15) is 26.7 Å². The van der Waals surface area contributed by atoms with Crippen LogP contribution < -0.4 is 10.6 Å². The zero-order valence-corrected chi connectivity index (χ0v) is 13.2. The van der Waals surface area contributed by atoms with Gasteiger partial charge in [-0.15, -0.1) is 0 Å². The first-order chi connectivity index (χ1) is 8.93. The first kappa shape index (κ1) is 15.6. The number of hydrogen-bond acceptors (Lipinski definition) is 5. The first-order valence-electron chi connectivity index (χ1n) is 6.44. The molecule has 7 nitrogen and oxygen atoms in total. The highest BCUT2D eigenvalue weighted by Gasteiger charge is 2.43. The van der Waals surface area contributed by atoms with Gasteiger partial charge in [0.05, 0.1) is 34.1 Å². The summed E-state index contributed by atoms with van der Waals surface area (Å²) in [5.41, 5.74) is -1.56. The third-order valence-corrected chi connectivity index (χ3v) is 7.64. The summed E-state index contributed by atoms with van der Waals surface area (Å²) in [5.74, 6) is -0.0320. The molecule has 0 saturated carbocycles. The van der Waals surface area contributed by atoms with Gasteiger partial charge in [0.2, 0.25) is 0 Å². The number of hydrogen-bond donors (Lipinski definition) is 2. The van der Waals surface area contributed by atoms with Crippen molar-refractivity contribution in [3.63, 3.8) is 0 Å². The summed E-state index contributed by atoms with van der Waals surface area (Å²) in [5, 5.41) is 5.33. The zero-order valence-electron chi connectivity index (χ0n) is 11.6. The number of nitrogens with one attached hydrogen (secondary N) is 2. The standard InChI is InChI=1S/C11H20N2O5S2/c1-10(3-5-19(15,16)7-10)12-9(14)13-11(2)4-6-20(17,18)8-11/h3-8H2,1-2H3,(H2,12,13,14). The van der Waals surface area contributed by atoms with E-state index in [9.17, 15) is 21.6 Å². The van der Waals surface area contributed by atoms with Crippen molar-refractivity contribution in [3.05, 3.63) is 0 Å². The summed E-state index contributed by atoms with van der Waals surface area (Å²) >= 11 is 0. The van der Waals surface area contributed by atoms with Gasteiger partial charge in [0.25, 0.3) is 0 Å². The minimum atomic E-state index is -3.10.